The minimum absolute atomic E-state index is 0.207. The van der Waals surface area contributed by atoms with Crippen molar-refractivity contribution in [3.05, 3.63) is 76.0 Å². The lowest BCUT2D eigenvalue weighted by Gasteiger charge is -2.13. The van der Waals surface area contributed by atoms with Crippen LogP contribution in [0.1, 0.15) is 16.8 Å². The average molecular weight is 413 g/mol. The molecule has 2 aromatic carbocycles. The molecule has 0 saturated heterocycles. The van der Waals surface area contributed by atoms with Gasteiger partial charge < -0.3 is 10.6 Å². The van der Waals surface area contributed by atoms with E-state index in [-0.39, 0.29) is 6.03 Å². The number of anilines is 1. The van der Waals surface area contributed by atoms with Gasteiger partial charge >= 0.3 is 6.03 Å². The third-order valence-corrected chi connectivity index (χ3v) is 4.53. The topological polar surface area (TPSA) is 59.0 Å². The Morgan fingerprint density at radius 2 is 1.81 bits per heavy atom. The van der Waals surface area contributed by atoms with Gasteiger partial charge in [0, 0.05) is 29.3 Å². The van der Waals surface area contributed by atoms with Crippen LogP contribution < -0.4 is 10.6 Å². The van der Waals surface area contributed by atoms with E-state index in [1.54, 1.807) is 0 Å². The van der Waals surface area contributed by atoms with Gasteiger partial charge in [-0.25, -0.2) is 9.48 Å². The lowest BCUT2D eigenvalue weighted by atomic mass is 10.1. The first-order chi connectivity index (χ1) is 12.5. The van der Waals surface area contributed by atoms with Gasteiger partial charge in [0.2, 0.25) is 0 Å². The second kappa shape index (κ2) is 8.19. The SMILES string of the molecule is Cc1cc(Br)cc(C)c1NC(=O)NCCc1ccn(-c2ccccc2)n1. The van der Waals surface area contributed by atoms with E-state index in [1.807, 2.05) is 73.3 Å². The van der Waals surface area contributed by atoms with Crippen molar-refractivity contribution in [2.45, 2.75) is 20.3 Å². The number of hydrogen-bond donors (Lipinski definition) is 2. The van der Waals surface area contributed by atoms with Gasteiger partial charge in [0.15, 0.2) is 0 Å². The maximum absolute atomic E-state index is 12.2. The zero-order valence-corrected chi connectivity index (χ0v) is 16.4. The molecule has 1 aromatic heterocycles. The molecule has 0 unspecified atom stereocenters. The number of nitrogens with zero attached hydrogens (tertiary/aromatic N) is 2. The number of nitrogens with one attached hydrogen (secondary N) is 2. The van der Waals surface area contributed by atoms with Gasteiger partial charge in [-0.3, -0.25) is 0 Å². The summed E-state index contributed by atoms with van der Waals surface area (Å²) in [5.74, 6) is 0. The molecule has 0 spiro atoms. The standard InChI is InChI=1S/C20H21BrN4O/c1-14-12-16(21)13-15(2)19(14)23-20(26)22-10-8-17-9-11-25(24-17)18-6-4-3-5-7-18/h3-7,9,11-13H,8,10H2,1-2H3,(H2,22,23,26). The smallest absolute Gasteiger partial charge is 0.319 e. The van der Waals surface area contributed by atoms with E-state index in [0.29, 0.717) is 13.0 Å². The van der Waals surface area contributed by atoms with Gasteiger partial charge in [0.1, 0.15) is 0 Å². The Bertz CT molecular complexity index is 882. The van der Waals surface area contributed by atoms with Crippen LogP contribution in [0.3, 0.4) is 0 Å². The van der Waals surface area contributed by atoms with Crippen LogP contribution in [0.2, 0.25) is 0 Å². The molecule has 2 amide bonds. The fraction of sp³-hybridized carbons (Fsp3) is 0.200. The van der Waals surface area contributed by atoms with Gasteiger partial charge in [-0.15, -0.1) is 0 Å². The quantitative estimate of drug-likeness (QED) is 0.642. The zero-order valence-electron chi connectivity index (χ0n) is 14.8. The summed E-state index contributed by atoms with van der Waals surface area (Å²) in [6.07, 6.45) is 2.60. The molecule has 3 aromatic rings. The van der Waals surface area contributed by atoms with Crippen LogP contribution in [0.5, 0.6) is 0 Å². The van der Waals surface area contributed by atoms with Crippen LogP contribution in [-0.4, -0.2) is 22.4 Å². The maximum Gasteiger partial charge on any atom is 0.319 e. The number of aryl methyl sites for hydroxylation is 2. The molecule has 6 heteroatoms. The minimum atomic E-state index is -0.207. The van der Waals surface area contributed by atoms with E-state index in [1.165, 1.54) is 0 Å². The number of carbonyl (C=O) groups is 1. The molecule has 3 rings (SSSR count). The Kier molecular flexibility index (Phi) is 5.73. The molecule has 134 valence electrons. The number of aromatic nitrogens is 2. The summed E-state index contributed by atoms with van der Waals surface area (Å²) < 4.78 is 2.84. The number of rotatable bonds is 5. The molecule has 0 aliphatic carbocycles. The highest BCUT2D eigenvalue weighted by atomic mass is 79.9. The van der Waals surface area contributed by atoms with E-state index in [9.17, 15) is 4.79 Å². The summed E-state index contributed by atoms with van der Waals surface area (Å²) in [6.45, 7) is 4.47. The molecule has 0 aliphatic rings. The van der Waals surface area contributed by atoms with Crippen molar-refractivity contribution in [3.8, 4) is 5.69 Å². The zero-order chi connectivity index (χ0) is 18.5. The van der Waals surface area contributed by atoms with Crippen molar-refractivity contribution in [3.63, 3.8) is 0 Å². The highest BCUT2D eigenvalue weighted by Gasteiger charge is 2.08. The molecule has 5 nitrogen and oxygen atoms in total. The van der Waals surface area contributed by atoms with Crippen LogP contribution >= 0.6 is 15.9 Å². The molecule has 2 N–H and O–H groups in total. The lowest BCUT2D eigenvalue weighted by Crippen LogP contribution is -2.31. The fourth-order valence-electron chi connectivity index (χ4n) is 2.79. The van der Waals surface area contributed by atoms with Gasteiger partial charge in [-0.05, 0) is 55.3 Å². The normalized spacial score (nSPS) is 10.6. The van der Waals surface area contributed by atoms with E-state index in [4.69, 9.17) is 0 Å². The van der Waals surface area contributed by atoms with Crippen molar-refractivity contribution >= 4 is 27.6 Å². The van der Waals surface area contributed by atoms with Crippen molar-refractivity contribution in [2.75, 3.05) is 11.9 Å². The van der Waals surface area contributed by atoms with Crippen molar-refractivity contribution in [1.29, 1.82) is 0 Å². The number of hydrogen-bond acceptors (Lipinski definition) is 2. The fourth-order valence-corrected chi connectivity index (χ4v) is 3.48. The Hall–Kier alpha value is -2.60. The largest absolute Gasteiger partial charge is 0.337 e. The number of halogens is 1. The second-order valence-electron chi connectivity index (χ2n) is 6.13. The Morgan fingerprint density at radius 3 is 2.50 bits per heavy atom. The summed E-state index contributed by atoms with van der Waals surface area (Å²) in [6, 6.07) is 15.7. The van der Waals surface area contributed by atoms with E-state index >= 15 is 0 Å². The molecule has 0 bridgehead atoms. The highest BCUT2D eigenvalue weighted by Crippen LogP contribution is 2.24. The third-order valence-electron chi connectivity index (χ3n) is 4.07. The van der Waals surface area contributed by atoms with E-state index < -0.39 is 0 Å². The Morgan fingerprint density at radius 1 is 1.12 bits per heavy atom. The monoisotopic (exact) mass is 412 g/mol. The van der Waals surface area contributed by atoms with Crippen LogP contribution in [0.4, 0.5) is 10.5 Å². The van der Waals surface area contributed by atoms with Gasteiger partial charge in [-0.1, -0.05) is 34.1 Å². The van der Waals surface area contributed by atoms with Crippen LogP contribution in [0.15, 0.2) is 59.2 Å². The molecule has 0 aliphatic heterocycles. The molecule has 1 heterocycles. The minimum Gasteiger partial charge on any atom is -0.337 e. The molecule has 0 radical (unpaired) electrons. The Labute approximate surface area is 161 Å². The molecule has 0 atom stereocenters. The molecule has 26 heavy (non-hydrogen) atoms. The number of carbonyl (C=O) groups excluding carboxylic acids is 1. The van der Waals surface area contributed by atoms with Crippen LogP contribution in [-0.2, 0) is 6.42 Å². The van der Waals surface area contributed by atoms with Crippen molar-refractivity contribution in [2.24, 2.45) is 0 Å². The molecule has 0 fully saturated rings. The maximum atomic E-state index is 12.2. The van der Waals surface area contributed by atoms with Crippen molar-refractivity contribution in [1.82, 2.24) is 15.1 Å². The second-order valence-corrected chi connectivity index (χ2v) is 7.05. The molecular weight excluding hydrogens is 392 g/mol. The summed E-state index contributed by atoms with van der Waals surface area (Å²) >= 11 is 3.46. The van der Waals surface area contributed by atoms with E-state index in [0.717, 1.165) is 32.7 Å². The average Bonchev–Trinajstić information content (AvgIpc) is 3.08. The van der Waals surface area contributed by atoms with Gasteiger partial charge in [-0.2, -0.15) is 5.10 Å². The van der Waals surface area contributed by atoms with E-state index in [2.05, 4.69) is 31.7 Å². The van der Waals surface area contributed by atoms with Crippen LogP contribution in [0, 0.1) is 13.8 Å². The summed E-state index contributed by atoms with van der Waals surface area (Å²) in [5, 5.41) is 10.4. The van der Waals surface area contributed by atoms with Crippen LogP contribution in [0.25, 0.3) is 5.69 Å². The number of amides is 2. The van der Waals surface area contributed by atoms with Gasteiger partial charge in [0.25, 0.3) is 0 Å². The lowest BCUT2D eigenvalue weighted by molar-refractivity contribution is 0.252. The molecule has 0 saturated carbocycles. The Balaban J connectivity index is 1.52. The molecular formula is C20H21BrN4O. The number of urea groups is 1. The first-order valence-electron chi connectivity index (χ1n) is 8.44. The first kappa shape index (κ1) is 18.2. The van der Waals surface area contributed by atoms with Crippen molar-refractivity contribution < 1.29 is 4.79 Å². The summed E-state index contributed by atoms with van der Waals surface area (Å²) in [5.41, 5.74) is 4.84. The predicted octanol–water partition coefficient (Wildman–Crippen LogP) is 4.62. The predicted molar refractivity (Wildman–Crippen MR) is 108 cm³/mol. The third kappa shape index (κ3) is 4.52. The highest BCUT2D eigenvalue weighted by molar-refractivity contribution is 9.10. The summed E-state index contributed by atoms with van der Waals surface area (Å²) in [4.78, 5) is 12.2. The van der Waals surface area contributed by atoms with Gasteiger partial charge in [0.05, 0.1) is 11.4 Å². The first-order valence-corrected chi connectivity index (χ1v) is 9.24. The summed E-state index contributed by atoms with van der Waals surface area (Å²) in [7, 11) is 0. The number of benzene rings is 2. The number of para-hydroxylation sites is 1.